The number of sulfonamides is 1. The van der Waals surface area contributed by atoms with Gasteiger partial charge in [-0.15, -0.1) is 0 Å². The normalized spacial score (nSPS) is 14.0. The summed E-state index contributed by atoms with van der Waals surface area (Å²) in [5.41, 5.74) is 4.15. The SMILES string of the molecule is CCOc1cncc(-c2ccc(C(=O)N3CCN(c4ccc(C(=O)NS(=O)(=O)CCC(F)(F)F)cc4)CC3)cc2C)c1. The molecule has 1 aliphatic rings. The topological polar surface area (TPSA) is 109 Å². The van der Waals surface area contributed by atoms with Crippen LogP contribution in [-0.2, 0) is 10.0 Å². The standard InChI is InChI=1S/C29H31F3N4O5S/c1-3-41-25-17-23(18-33-19-25)26-9-6-22(16-20(26)2)28(38)36-13-11-35(12-14-36)24-7-4-21(5-8-24)27(37)34-42(39,40)15-10-29(30,31)32/h4-9,16-19H,3,10-15H2,1-2H3,(H,34,37). The molecule has 224 valence electrons. The molecule has 13 heteroatoms. The number of hydrogen-bond donors (Lipinski definition) is 1. The van der Waals surface area contributed by atoms with E-state index in [0.29, 0.717) is 44.1 Å². The quantitative estimate of drug-likeness (QED) is 0.385. The number of carbonyl (C=O) groups is 2. The number of halogens is 3. The summed E-state index contributed by atoms with van der Waals surface area (Å²) in [4.78, 5) is 33.5. The first-order chi connectivity index (χ1) is 19.8. The number of aromatic nitrogens is 1. The molecule has 0 aliphatic carbocycles. The van der Waals surface area contributed by atoms with Crippen molar-refractivity contribution < 1.29 is 35.9 Å². The van der Waals surface area contributed by atoms with Crippen LogP contribution in [0, 0.1) is 6.92 Å². The molecule has 0 unspecified atom stereocenters. The summed E-state index contributed by atoms with van der Waals surface area (Å²) in [6.45, 7) is 6.41. The smallest absolute Gasteiger partial charge is 0.390 e. The highest BCUT2D eigenvalue weighted by atomic mass is 32.2. The molecule has 0 radical (unpaired) electrons. The predicted octanol–water partition coefficient (Wildman–Crippen LogP) is 4.43. The molecule has 0 bridgehead atoms. The molecule has 4 rings (SSSR count). The van der Waals surface area contributed by atoms with Crippen molar-refractivity contribution in [1.82, 2.24) is 14.6 Å². The minimum absolute atomic E-state index is 0.00219. The molecule has 0 atom stereocenters. The van der Waals surface area contributed by atoms with Crippen molar-refractivity contribution in [3.8, 4) is 16.9 Å². The number of anilines is 1. The summed E-state index contributed by atoms with van der Waals surface area (Å²) in [6, 6.07) is 13.6. The van der Waals surface area contributed by atoms with E-state index in [4.69, 9.17) is 4.74 Å². The van der Waals surface area contributed by atoms with E-state index in [1.54, 1.807) is 40.2 Å². The summed E-state index contributed by atoms with van der Waals surface area (Å²) in [5, 5.41) is 0. The lowest BCUT2D eigenvalue weighted by Gasteiger charge is -2.36. The van der Waals surface area contributed by atoms with Gasteiger partial charge in [-0.1, -0.05) is 6.07 Å². The fourth-order valence-corrected chi connectivity index (χ4v) is 5.61. The zero-order valence-corrected chi connectivity index (χ0v) is 24.0. The Balaban J connectivity index is 1.33. The van der Waals surface area contributed by atoms with E-state index in [2.05, 4.69) is 4.98 Å². The number of nitrogens with zero attached hydrogens (tertiary/aromatic N) is 3. The van der Waals surface area contributed by atoms with Crippen LogP contribution in [0.25, 0.3) is 11.1 Å². The molecule has 3 aromatic rings. The van der Waals surface area contributed by atoms with Crippen LogP contribution < -0.4 is 14.4 Å². The largest absolute Gasteiger partial charge is 0.492 e. The second kappa shape index (κ2) is 12.8. The third-order valence-electron chi connectivity index (χ3n) is 6.77. The van der Waals surface area contributed by atoms with Crippen LogP contribution in [-0.4, -0.2) is 74.8 Å². The number of pyridine rings is 1. The highest BCUT2D eigenvalue weighted by molar-refractivity contribution is 7.90. The van der Waals surface area contributed by atoms with Crippen molar-refractivity contribution in [2.45, 2.75) is 26.4 Å². The van der Waals surface area contributed by atoms with Gasteiger partial charge in [0.05, 0.1) is 25.0 Å². The molecular weight excluding hydrogens is 573 g/mol. The number of ether oxygens (including phenoxy) is 1. The van der Waals surface area contributed by atoms with Crippen molar-refractivity contribution in [1.29, 1.82) is 0 Å². The number of nitrogens with one attached hydrogen (secondary N) is 1. The van der Waals surface area contributed by atoms with Crippen molar-refractivity contribution >= 4 is 27.5 Å². The summed E-state index contributed by atoms with van der Waals surface area (Å²) in [6.07, 6.45) is -2.78. The molecular formula is C29H31F3N4O5S. The average Bonchev–Trinajstić information content (AvgIpc) is 2.96. The van der Waals surface area contributed by atoms with Crippen LogP contribution in [0.3, 0.4) is 0 Å². The number of carbonyl (C=O) groups excluding carboxylic acids is 2. The van der Waals surface area contributed by atoms with Gasteiger partial charge in [-0.25, -0.2) is 13.1 Å². The molecule has 9 nitrogen and oxygen atoms in total. The van der Waals surface area contributed by atoms with E-state index in [9.17, 15) is 31.2 Å². The number of hydrogen-bond acceptors (Lipinski definition) is 7. The Kier molecular flexibility index (Phi) is 9.40. The van der Waals surface area contributed by atoms with Crippen LogP contribution in [0.15, 0.2) is 60.9 Å². The van der Waals surface area contributed by atoms with Gasteiger partial charge in [0.15, 0.2) is 0 Å². The van der Waals surface area contributed by atoms with E-state index in [1.807, 2.05) is 36.9 Å². The van der Waals surface area contributed by atoms with Gasteiger partial charge in [0.2, 0.25) is 10.0 Å². The lowest BCUT2D eigenvalue weighted by atomic mass is 9.99. The van der Waals surface area contributed by atoms with Gasteiger partial charge in [0.1, 0.15) is 5.75 Å². The molecule has 1 aliphatic heterocycles. The van der Waals surface area contributed by atoms with Crippen molar-refractivity contribution in [3.63, 3.8) is 0 Å². The lowest BCUT2D eigenvalue weighted by molar-refractivity contribution is -0.130. The van der Waals surface area contributed by atoms with Gasteiger partial charge >= 0.3 is 6.18 Å². The first-order valence-corrected chi connectivity index (χ1v) is 14.9. The maximum Gasteiger partial charge on any atom is 0.390 e. The van der Waals surface area contributed by atoms with Crippen LogP contribution in [0.2, 0.25) is 0 Å². The molecule has 1 fully saturated rings. The van der Waals surface area contributed by atoms with Gasteiger partial charge in [-0.2, -0.15) is 13.2 Å². The first kappa shape index (κ1) is 30.8. The zero-order chi connectivity index (χ0) is 30.5. The number of amides is 2. The number of piperazine rings is 1. The number of aryl methyl sites for hydroxylation is 1. The maximum absolute atomic E-state index is 13.2. The molecule has 2 heterocycles. The van der Waals surface area contributed by atoms with Crippen molar-refractivity contribution in [2.75, 3.05) is 43.4 Å². The second-order valence-electron chi connectivity index (χ2n) is 9.81. The Bertz CT molecular complexity index is 1540. The Morgan fingerprint density at radius 1 is 0.976 bits per heavy atom. The van der Waals surface area contributed by atoms with Crippen molar-refractivity contribution in [3.05, 3.63) is 77.6 Å². The predicted molar refractivity (Wildman–Crippen MR) is 152 cm³/mol. The first-order valence-electron chi connectivity index (χ1n) is 13.3. The third kappa shape index (κ3) is 7.99. The molecule has 1 N–H and O–H groups in total. The average molecular weight is 605 g/mol. The molecule has 1 saturated heterocycles. The highest BCUT2D eigenvalue weighted by Crippen LogP contribution is 2.27. The van der Waals surface area contributed by atoms with Gasteiger partial charge in [-0.05, 0) is 67.4 Å². The molecule has 1 aromatic heterocycles. The molecule has 0 spiro atoms. The number of benzene rings is 2. The minimum atomic E-state index is -4.65. The van der Waals surface area contributed by atoms with Gasteiger partial charge in [0, 0.05) is 54.8 Å². The van der Waals surface area contributed by atoms with E-state index in [-0.39, 0.29) is 11.5 Å². The lowest BCUT2D eigenvalue weighted by Crippen LogP contribution is -2.48. The number of rotatable bonds is 9. The third-order valence-corrected chi connectivity index (χ3v) is 8.01. The fraction of sp³-hybridized carbons (Fsp3) is 0.345. The Morgan fingerprint density at radius 3 is 2.26 bits per heavy atom. The van der Waals surface area contributed by atoms with Crippen molar-refractivity contribution in [2.24, 2.45) is 0 Å². The maximum atomic E-state index is 13.2. The van der Waals surface area contributed by atoms with Gasteiger partial charge in [-0.3, -0.25) is 14.6 Å². The summed E-state index contributed by atoms with van der Waals surface area (Å²) < 4.78 is 67.8. The fourth-order valence-electron chi connectivity index (χ4n) is 4.61. The summed E-state index contributed by atoms with van der Waals surface area (Å²) in [7, 11) is -4.43. The Morgan fingerprint density at radius 2 is 1.64 bits per heavy atom. The Labute approximate surface area is 242 Å². The van der Waals surface area contributed by atoms with Gasteiger partial charge in [0.25, 0.3) is 11.8 Å². The Hall–Kier alpha value is -4.13. The van der Waals surface area contributed by atoms with Gasteiger partial charge < -0.3 is 14.5 Å². The van der Waals surface area contributed by atoms with Crippen LogP contribution in [0.4, 0.5) is 18.9 Å². The summed E-state index contributed by atoms with van der Waals surface area (Å²) >= 11 is 0. The molecule has 2 amide bonds. The van der Waals surface area contributed by atoms with E-state index >= 15 is 0 Å². The van der Waals surface area contributed by atoms with E-state index < -0.39 is 34.3 Å². The molecule has 2 aromatic carbocycles. The van der Waals surface area contributed by atoms with Crippen LogP contribution >= 0.6 is 0 Å². The monoisotopic (exact) mass is 604 g/mol. The summed E-state index contributed by atoms with van der Waals surface area (Å²) in [5.74, 6) is -1.63. The molecule has 42 heavy (non-hydrogen) atoms. The van der Waals surface area contributed by atoms with Crippen LogP contribution in [0.5, 0.6) is 5.75 Å². The zero-order valence-electron chi connectivity index (χ0n) is 23.1. The second-order valence-corrected chi connectivity index (χ2v) is 11.7. The van der Waals surface area contributed by atoms with E-state index in [1.165, 1.54) is 12.1 Å². The molecule has 0 saturated carbocycles. The van der Waals surface area contributed by atoms with Crippen LogP contribution in [0.1, 0.15) is 39.6 Å². The highest BCUT2D eigenvalue weighted by Gasteiger charge is 2.30. The van der Waals surface area contributed by atoms with E-state index in [0.717, 1.165) is 22.4 Å². The minimum Gasteiger partial charge on any atom is -0.492 e. The number of alkyl halides is 3.